The zero-order valence-electron chi connectivity index (χ0n) is 14.0. The van der Waals surface area contributed by atoms with E-state index in [1.165, 1.54) is 11.9 Å². The predicted molar refractivity (Wildman–Crippen MR) is 90.0 cm³/mol. The summed E-state index contributed by atoms with van der Waals surface area (Å²) in [6.07, 6.45) is 6.01. The summed E-state index contributed by atoms with van der Waals surface area (Å²) in [5, 5.41) is 8.69. The largest absolute Gasteiger partial charge is 0.241 e. The second kappa shape index (κ2) is 5.67. The summed E-state index contributed by atoms with van der Waals surface area (Å²) in [5.74, 6) is 1.50. The Morgan fingerprint density at radius 3 is 2.75 bits per heavy atom. The lowest BCUT2D eigenvalue weighted by Crippen LogP contribution is -2.04. The number of hydrogen-bond acceptors (Lipinski definition) is 5. The van der Waals surface area contributed by atoms with Crippen molar-refractivity contribution in [2.24, 2.45) is 0 Å². The van der Waals surface area contributed by atoms with Gasteiger partial charge in [0.15, 0.2) is 17.1 Å². The molecule has 0 spiro atoms. The number of pyridine rings is 1. The highest BCUT2D eigenvalue weighted by Crippen LogP contribution is 2.19. The van der Waals surface area contributed by atoms with E-state index in [0.29, 0.717) is 5.92 Å². The second-order valence-electron chi connectivity index (χ2n) is 6.43. The molecular weight excluding hydrogens is 302 g/mol. The highest BCUT2D eigenvalue weighted by molar-refractivity contribution is 5.40. The zero-order chi connectivity index (χ0) is 16.7. The van der Waals surface area contributed by atoms with E-state index in [2.05, 4.69) is 58.2 Å². The lowest BCUT2D eigenvalue weighted by molar-refractivity contribution is 0.687. The summed E-state index contributed by atoms with van der Waals surface area (Å²) >= 11 is 0. The first kappa shape index (κ1) is 14.7. The Kier molecular flexibility index (Phi) is 3.48. The van der Waals surface area contributed by atoms with Crippen molar-refractivity contribution in [2.45, 2.75) is 39.0 Å². The fraction of sp³-hybridized carbons (Fsp3) is 0.353. The quantitative estimate of drug-likeness (QED) is 0.578. The van der Waals surface area contributed by atoms with Crippen LogP contribution in [0.1, 0.15) is 49.7 Å². The van der Waals surface area contributed by atoms with Crippen LogP contribution in [0.15, 0.2) is 37.1 Å². The highest BCUT2D eigenvalue weighted by Gasteiger charge is 2.14. The first-order valence-corrected chi connectivity index (χ1v) is 8.10. The molecule has 0 bridgehead atoms. The van der Waals surface area contributed by atoms with Crippen molar-refractivity contribution in [2.75, 3.05) is 0 Å². The lowest BCUT2D eigenvalue weighted by atomic mass is 10.0. The van der Waals surface area contributed by atoms with E-state index in [4.69, 9.17) is 0 Å². The summed E-state index contributed by atoms with van der Waals surface area (Å²) in [6.45, 7) is 6.47. The fourth-order valence-electron chi connectivity index (χ4n) is 2.76. The normalized spacial score (nSPS) is 13.2. The van der Waals surface area contributed by atoms with E-state index in [1.54, 1.807) is 10.8 Å². The van der Waals surface area contributed by atoms with Gasteiger partial charge in [-0.1, -0.05) is 26.8 Å². The van der Waals surface area contributed by atoms with Crippen molar-refractivity contribution in [1.29, 1.82) is 0 Å². The van der Waals surface area contributed by atoms with Crippen LogP contribution in [-0.4, -0.2) is 34.2 Å². The molecule has 0 amide bonds. The van der Waals surface area contributed by atoms with Crippen molar-refractivity contribution in [3.8, 4) is 0 Å². The summed E-state index contributed by atoms with van der Waals surface area (Å²) in [5.41, 5.74) is 3.90. The van der Waals surface area contributed by atoms with Crippen molar-refractivity contribution in [1.82, 2.24) is 34.2 Å². The summed E-state index contributed by atoms with van der Waals surface area (Å²) < 4.78 is 3.53. The van der Waals surface area contributed by atoms with Gasteiger partial charge in [0.05, 0.1) is 0 Å². The predicted octanol–water partition coefficient (Wildman–Crippen LogP) is 2.64. The van der Waals surface area contributed by atoms with Crippen LogP contribution in [0.3, 0.4) is 0 Å². The Balaban J connectivity index is 1.60. The minimum Gasteiger partial charge on any atom is -0.241 e. The Labute approximate surface area is 139 Å². The van der Waals surface area contributed by atoms with Crippen LogP contribution in [-0.2, 0) is 6.42 Å². The molecule has 0 saturated heterocycles. The molecular formula is C17H19N7. The third-order valence-electron chi connectivity index (χ3n) is 4.25. The van der Waals surface area contributed by atoms with Crippen LogP contribution in [0.25, 0.3) is 11.3 Å². The maximum Gasteiger partial charge on any atom is 0.158 e. The summed E-state index contributed by atoms with van der Waals surface area (Å²) in [7, 11) is 0. The van der Waals surface area contributed by atoms with Gasteiger partial charge >= 0.3 is 0 Å². The molecule has 122 valence electrons. The molecule has 0 aromatic carbocycles. The lowest BCUT2D eigenvalue weighted by Gasteiger charge is -2.08. The van der Waals surface area contributed by atoms with E-state index in [-0.39, 0.29) is 5.92 Å². The molecule has 1 atom stereocenters. The molecule has 0 radical (unpaired) electrons. The topological polar surface area (TPSA) is 73.3 Å². The van der Waals surface area contributed by atoms with Gasteiger partial charge in [-0.2, -0.15) is 10.2 Å². The van der Waals surface area contributed by atoms with Crippen LogP contribution >= 0.6 is 0 Å². The van der Waals surface area contributed by atoms with Gasteiger partial charge in [-0.05, 0) is 17.5 Å². The van der Waals surface area contributed by atoms with E-state index in [0.717, 1.165) is 29.2 Å². The molecule has 0 aliphatic rings. The van der Waals surface area contributed by atoms with Crippen molar-refractivity contribution in [3.63, 3.8) is 0 Å². The summed E-state index contributed by atoms with van der Waals surface area (Å²) in [4.78, 5) is 13.3. The molecule has 24 heavy (non-hydrogen) atoms. The molecule has 1 unspecified atom stereocenters. The van der Waals surface area contributed by atoms with Gasteiger partial charge in [0, 0.05) is 30.3 Å². The molecule has 0 fully saturated rings. The van der Waals surface area contributed by atoms with Gasteiger partial charge in [0.2, 0.25) is 0 Å². The number of nitrogens with zero attached hydrogens (tertiary/aromatic N) is 7. The van der Waals surface area contributed by atoms with Crippen molar-refractivity contribution < 1.29 is 0 Å². The number of hydrogen-bond donors (Lipinski definition) is 0. The molecule has 0 saturated carbocycles. The zero-order valence-corrected chi connectivity index (χ0v) is 14.0. The van der Waals surface area contributed by atoms with Crippen LogP contribution in [0, 0.1) is 0 Å². The van der Waals surface area contributed by atoms with Crippen LogP contribution < -0.4 is 0 Å². The van der Waals surface area contributed by atoms with Gasteiger partial charge in [-0.25, -0.2) is 24.0 Å². The molecule has 4 aromatic rings. The number of fused-ring (bicyclic) bond motifs is 2. The Morgan fingerprint density at radius 2 is 1.92 bits per heavy atom. The molecule has 4 aromatic heterocycles. The Hall–Kier alpha value is -2.83. The maximum absolute atomic E-state index is 4.62. The third-order valence-corrected chi connectivity index (χ3v) is 4.25. The minimum absolute atomic E-state index is 0.202. The Morgan fingerprint density at radius 1 is 1.04 bits per heavy atom. The third kappa shape index (κ3) is 2.62. The average Bonchev–Trinajstić information content (AvgIpc) is 3.18. The fourth-order valence-corrected chi connectivity index (χ4v) is 2.76. The van der Waals surface area contributed by atoms with E-state index in [1.807, 2.05) is 16.6 Å². The molecule has 4 heterocycles. The van der Waals surface area contributed by atoms with Gasteiger partial charge in [0.1, 0.15) is 12.7 Å². The minimum atomic E-state index is 0.202. The average molecular weight is 321 g/mol. The summed E-state index contributed by atoms with van der Waals surface area (Å²) in [6, 6.07) is 6.10. The molecule has 0 N–H and O–H groups in total. The van der Waals surface area contributed by atoms with Gasteiger partial charge in [-0.3, -0.25) is 0 Å². The van der Waals surface area contributed by atoms with E-state index >= 15 is 0 Å². The van der Waals surface area contributed by atoms with Crippen LogP contribution in [0.2, 0.25) is 0 Å². The monoisotopic (exact) mass is 321 g/mol. The second-order valence-corrected chi connectivity index (χ2v) is 6.43. The number of aromatic nitrogens is 7. The molecule has 7 nitrogen and oxygen atoms in total. The van der Waals surface area contributed by atoms with Gasteiger partial charge in [-0.15, -0.1) is 0 Å². The first-order chi connectivity index (χ1) is 11.6. The van der Waals surface area contributed by atoms with Crippen LogP contribution in [0.4, 0.5) is 0 Å². The molecule has 0 aliphatic heterocycles. The smallest absolute Gasteiger partial charge is 0.158 e. The molecule has 0 aliphatic carbocycles. The van der Waals surface area contributed by atoms with Crippen LogP contribution in [0.5, 0.6) is 0 Å². The van der Waals surface area contributed by atoms with Crippen molar-refractivity contribution in [3.05, 3.63) is 54.1 Å². The maximum atomic E-state index is 4.62. The highest BCUT2D eigenvalue weighted by atomic mass is 15.3. The van der Waals surface area contributed by atoms with Gasteiger partial charge < -0.3 is 0 Å². The standard InChI is InChI=1S/C17H19N7/c1-11(2)13-4-5-16-21-15(22-23(16)8-13)6-12(3)14-7-17-18-9-20-24(17)10-19-14/h4-5,7-12H,6H2,1-3H3. The van der Waals surface area contributed by atoms with E-state index < -0.39 is 0 Å². The Bertz CT molecular complexity index is 998. The van der Waals surface area contributed by atoms with Crippen molar-refractivity contribution >= 4 is 11.3 Å². The molecule has 4 rings (SSSR count). The van der Waals surface area contributed by atoms with Gasteiger partial charge in [0.25, 0.3) is 0 Å². The SMILES string of the molecule is CC(C)c1ccc2nc(CC(C)c3cc4ncnn4cn3)nn2c1. The first-order valence-electron chi connectivity index (χ1n) is 8.10. The molecule has 7 heteroatoms. The number of rotatable bonds is 4. The van der Waals surface area contributed by atoms with E-state index in [9.17, 15) is 0 Å².